The zero-order valence-corrected chi connectivity index (χ0v) is 8.86. The Kier molecular flexibility index (Phi) is 2.81. The van der Waals surface area contributed by atoms with Crippen molar-refractivity contribution >= 4 is 11.3 Å². The smallest absolute Gasteiger partial charge is 0.230 e. The number of hydrogen-bond acceptors (Lipinski definition) is 5. The standard InChI is InChI=1S/C11H5N3OS/c12-4-8-2-1-3-10(9(8)5-13)15-11-6-16-7-14-11/h1-3,6-7H. The first-order valence-corrected chi connectivity index (χ1v) is 5.28. The number of nitriles is 2. The third kappa shape index (κ3) is 1.85. The minimum Gasteiger partial charge on any atom is -0.437 e. The molecule has 1 aromatic carbocycles. The molecule has 0 bridgehead atoms. The van der Waals surface area contributed by atoms with E-state index in [4.69, 9.17) is 15.3 Å². The lowest BCUT2D eigenvalue weighted by Gasteiger charge is -2.04. The van der Waals surface area contributed by atoms with Gasteiger partial charge in [-0.2, -0.15) is 10.5 Å². The molecule has 0 aliphatic heterocycles. The Morgan fingerprint density at radius 1 is 1.25 bits per heavy atom. The van der Waals surface area contributed by atoms with Crippen LogP contribution in [0, 0.1) is 22.7 Å². The van der Waals surface area contributed by atoms with Gasteiger partial charge in [-0.25, -0.2) is 4.98 Å². The van der Waals surface area contributed by atoms with Crippen molar-refractivity contribution in [3.8, 4) is 23.8 Å². The molecular formula is C11H5N3OS. The van der Waals surface area contributed by atoms with E-state index >= 15 is 0 Å². The monoisotopic (exact) mass is 227 g/mol. The van der Waals surface area contributed by atoms with Crippen LogP contribution in [0.1, 0.15) is 11.1 Å². The van der Waals surface area contributed by atoms with Crippen LogP contribution in [0.4, 0.5) is 0 Å². The van der Waals surface area contributed by atoms with Gasteiger partial charge in [0.1, 0.15) is 23.5 Å². The summed E-state index contributed by atoms with van der Waals surface area (Å²) < 4.78 is 5.41. The largest absolute Gasteiger partial charge is 0.437 e. The zero-order chi connectivity index (χ0) is 11.4. The van der Waals surface area contributed by atoms with Gasteiger partial charge in [0, 0.05) is 0 Å². The second kappa shape index (κ2) is 4.43. The maximum absolute atomic E-state index is 8.96. The summed E-state index contributed by atoms with van der Waals surface area (Å²) in [6.45, 7) is 0. The minimum atomic E-state index is 0.234. The maximum Gasteiger partial charge on any atom is 0.230 e. The van der Waals surface area contributed by atoms with Crippen molar-refractivity contribution in [2.75, 3.05) is 0 Å². The van der Waals surface area contributed by atoms with Crippen LogP contribution in [0.3, 0.4) is 0 Å². The fourth-order valence-electron chi connectivity index (χ4n) is 1.19. The van der Waals surface area contributed by atoms with E-state index < -0.39 is 0 Å². The maximum atomic E-state index is 8.96. The fourth-order valence-corrected chi connectivity index (χ4v) is 1.64. The number of rotatable bonds is 2. The van der Waals surface area contributed by atoms with Crippen molar-refractivity contribution in [1.82, 2.24) is 4.98 Å². The average Bonchev–Trinajstić information content (AvgIpc) is 2.81. The van der Waals surface area contributed by atoms with Crippen molar-refractivity contribution in [2.45, 2.75) is 0 Å². The van der Waals surface area contributed by atoms with Gasteiger partial charge in [0.25, 0.3) is 0 Å². The summed E-state index contributed by atoms with van der Waals surface area (Å²) in [7, 11) is 0. The van der Waals surface area contributed by atoms with Gasteiger partial charge in [-0.1, -0.05) is 6.07 Å². The molecule has 4 nitrogen and oxygen atoms in total. The SMILES string of the molecule is N#Cc1cccc(Oc2cscn2)c1C#N. The summed E-state index contributed by atoms with van der Waals surface area (Å²) in [4.78, 5) is 3.95. The molecule has 2 rings (SSSR count). The van der Waals surface area contributed by atoms with E-state index in [2.05, 4.69) is 4.98 Å². The summed E-state index contributed by atoms with van der Waals surface area (Å²) >= 11 is 1.40. The van der Waals surface area contributed by atoms with Crippen molar-refractivity contribution in [2.24, 2.45) is 0 Å². The van der Waals surface area contributed by atoms with Crippen molar-refractivity contribution in [3.63, 3.8) is 0 Å². The molecule has 0 atom stereocenters. The van der Waals surface area contributed by atoms with Gasteiger partial charge < -0.3 is 4.74 Å². The van der Waals surface area contributed by atoms with E-state index in [0.29, 0.717) is 17.2 Å². The molecule has 0 amide bonds. The van der Waals surface area contributed by atoms with Crippen LogP contribution in [0.25, 0.3) is 0 Å². The van der Waals surface area contributed by atoms with E-state index in [1.54, 1.807) is 29.1 Å². The molecule has 2 aromatic rings. The van der Waals surface area contributed by atoms with Gasteiger partial charge in [0.15, 0.2) is 0 Å². The summed E-state index contributed by atoms with van der Waals surface area (Å²) in [5.74, 6) is 0.782. The highest BCUT2D eigenvalue weighted by molar-refractivity contribution is 7.07. The molecule has 0 unspecified atom stereocenters. The molecule has 0 radical (unpaired) electrons. The molecule has 16 heavy (non-hydrogen) atoms. The second-order valence-electron chi connectivity index (χ2n) is 2.83. The van der Waals surface area contributed by atoms with Crippen LogP contribution >= 0.6 is 11.3 Å². The quantitative estimate of drug-likeness (QED) is 0.790. The molecule has 1 heterocycles. The average molecular weight is 227 g/mol. The van der Waals surface area contributed by atoms with E-state index in [-0.39, 0.29) is 5.56 Å². The topological polar surface area (TPSA) is 69.7 Å². The molecule has 0 aliphatic carbocycles. The molecule has 0 saturated heterocycles. The summed E-state index contributed by atoms with van der Waals surface area (Å²) in [5, 5.41) is 19.5. The molecule has 5 heteroatoms. The van der Waals surface area contributed by atoms with E-state index in [9.17, 15) is 0 Å². The Morgan fingerprint density at radius 3 is 2.75 bits per heavy atom. The van der Waals surface area contributed by atoms with Gasteiger partial charge in [0.2, 0.25) is 5.88 Å². The zero-order valence-electron chi connectivity index (χ0n) is 8.04. The van der Waals surface area contributed by atoms with Gasteiger partial charge in [0.05, 0.1) is 16.5 Å². The predicted octanol–water partition coefficient (Wildman–Crippen LogP) is 2.68. The first-order valence-electron chi connectivity index (χ1n) is 4.34. The number of thiazole rings is 1. The molecule has 1 aromatic heterocycles. The Morgan fingerprint density at radius 2 is 2.12 bits per heavy atom. The van der Waals surface area contributed by atoms with Gasteiger partial charge in [-0.15, -0.1) is 11.3 Å². The van der Waals surface area contributed by atoms with Crippen LogP contribution in [-0.2, 0) is 0 Å². The predicted molar refractivity (Wildman–Crippen MR) is 58.1 cm³/mol. The summed E-state index contributed by atoms with van der Waals surface area (Å²) in [5.41, 5.74) is 2.17. The van der Waals surface area contributed by atoms with Crippen LogP contribution < -0.4 is 4.74 Å². The van der Waals surface area contributed by atoms with Gasteiger partial charge in [-0.3, -0.25) is 0 Å². The van der Waals surface area contributed by atoms with Gasteiger partial charge in [-0.05, 0) is 12.1 Å². The van der Waals surface area contributed by atoms with Gasteiger partial charge >= 0.3 is 0 Å². The highest BCUT2D eigenvalue weighted by Gasteiger charge is 2.10. The Balaban J connectivity index is 2.43. The third-order valence-corrected chi connectivity index (χ3v) is 2.45. The van der Waals surface area contributed by atoms with Crippen LogP contribution in [0.5, 0.6) is 11.6 Å². The minimum absolute atomic E-state index is 0.234. The number of nitrogens with zero attached hydrogens (tertiary/aromatic N) is 3. The second-order valence-corrected chi connectivity index (χ2v) is 3.55. The summed E-state index contributed by atoms with van der Waals surface area (Å²) in [6.07, 6.45) is 0. The summed E-state index contributed by atoms with van der Waals surface area (Å²) in [6, 6.07) is 8.78. The normalized spacial score (nSPS) is 9.12. The Labute approximate surface area is 96.0 Å². The fraction of sp³-hybridized carbons (Fsp3) is 0. The highest BCUT2D eigenvalue weighted by Crippen LogP contribution is 2.26. The van der Waals surface area contributed by atoms with E-state index in [0.717, 1.165) is 0 Å². The number of hydrogen-bond donors (Lipinski definition) is 0. The molecule has 76 valence electrons. The Hall–Kier alpha value is -2.37. The van der Waals surface area contributed by atoms with E-state index in [1.165, 1.54) is 11.3 Å². The molecule has 0 aliphatic rings. The van der Waals surface area contributed by atoms with Crippen molar-refractivity contribution in [1.29, 1.82) is 10.5 Å². The number of ether oxygens (including phenoxy) is 1. The first kappa shape index (κ1) is 10.2. The van der Waals surface area contributed by atoms with Crippen LogP contribution in [0.2, 0.25) is 0 Å². The van der Waals surface area contributed by atoms with Crippen molar-refractivity contribution in [3.05, 3.63) is 40.2 Å². The van der Waals surface area contributed by atoms with Crippen LogP contribution in [-0.4, -0.2) is 4.98 Å². The number of aromatic nitrogens is 1. The lowest BCUT2D eigenvalue weighted by molar-refractivity contribution is 0.465. The molecule has 0 spiro atoms. The first-order chi connectivity index (χ1) is 7.85. The van der Waals surface area contributed by atoms with Crippen LogP contribution in [0.15, 0.2) is 29.1 Å². The highest BCUT2D eigenvalue weighted by atomic mass is 32.1. The lowest BCUT2D eigenvalue weighted by Crippen LogP contribution is -1.91. The van der Waals surface area contributed by atoms with E-state index in [1.807, 2.05) is 12.1 Å². The number of benzene rings is 1. The van der Waals surface area contributed by atoms with Crippen molar-refractivity contribution < 1.29 is 4.74 Å². The Bertz CT molecular complexity index is 578. The molecule has 0 fully saturated rings. The molecular weight excluding hydrogens is 222 g/mol. The molecule has 0 N–H and O–H groups in total. The third-order valence-electron chi connectivity index (χ3n) is 1.88. The molecule has 0 saturated carbocycles. The lowest BCUT2D eigenvalue weighted by atomic mass is 10.1.